The minimum atomic E-state index is -0.889. The number of benzene rings is 2. The van der Waals surface area contributed by atoms with Gasteiger partial charge in [-0.2, -0.15) is 0 Å². The van der Waals surface area contributed by atoms with Gasteiger partial charge in [0.2, 0.25) is 5.91 Å². The van der Waals surface area contributed by atoms with Crippen molar-refractivity contribution in [2.75, 3.05) is 5.32 Å². The zero-order valence-corrected chi connectivity index (χ0v) is 19.9. The number of halogens is 2. The summed E-state index contributed by atoms with van der Waals surface area (Å²) < 4.78 is 0. The maximum Gasteiger partial charge on any atom is 0.226 e. The molecule has 1 aliphatic heterocycles. The van der Waals surface area contributed by atoms with E-state index in [0.29, 0.717) is 15.6 Å². The molecule has 2 aromatic carbocycles. The van der Waals surface area contributed by atoms with Crippen molar-refractivity contribution in [2.24, 2.45) is 16.3 Å². The van der Waals surface area contributed by atoms with Gasteiger partial charge in [0.05, 0.1) is 17.9 Å². The van der Waals surface area contributed by atoms with Crippen LogP contribution in [0.25, 0.3) is 0 Å². The number of carbonyl (C=O) groups is 2. The Bertz CT molecular complexity index is 1170. The van der Waals surface area contributed by atoms with Crippen LogP contribution in [0.2, 0.25) is 10.0 Å². The summed E-state index contributed by atoms with van der Waals surface area (Å²) in [6.45, 7) is 4.02. The second kappa shape index (κ2) is 9.54. The Hall–Kier alpha value is -2.89. The second-order valence-corrected chi connectivity index (χ2v) is 9.43. The lowest BCUT2D eigenvalue weighted by atomic mass is 9.65. The second-order valence-electron chi connectivity index (χ2n) is 8.58. The van der Waals surface area contributed by atoms with Crippen LogP contribution in [0, 0.1) is 11.3 Å². The van der Waals surface area contributed by atoms with Crippen molar-refractivity contribution in [1.29, 1.82) is 0 Å². The molecule has 170 valence electrons. The van der Waals surface area contributed by atoms with E-state index in [4.69, 9.17) is 28.2 Å². The number of ketones is 1. The fraction of sp³-hybridized carbons (Fsp3) is 0.269. The SMILES string of the molecule is CC(C)C1(C2Nc3ccccc3C=N[C@H]2NC(=O)Cc2ccc(Cl)cc2Cl)C=CC=CC1=O. The van der Waals surface area contributed by atoms with Crippen LogP contribution in [0.4, 0.5) is 5.69 Å². The van der Waals surface area contributed by atoms with Gasteiger partial charge >= 0.3 is 0 Å². The van der Waals surface area contributed by atoms with E-state index in [-0.39, 0.29) is 24.0 Å². The third kappa shape index (κ3) is 4.61. The quantitative estimate of drug-likeness (QED) is 0.613. The van der Waals surface area contributed by atoms with Gasteiger partial charge in [0.25, 0.3) is 0 Å². The number of nitrogens with zero attached hydrogens (tertiary/aromatic N) is 1. The monoisotopic (exact) mass is 481 g/mol. The van der Waals surface area contributed by atoms with Crippen LogP contribution in [0.15, 0.2) is 71.8 Å². The van der Waals surface area contributed by atoms with Gasteiger partial charge in [0.15, 0.2) is 5.78 Å². The lowest BCUT2D eigenvalue weighted by Crippen LogP contribution is -2.58. The number of allylic oxidation sites excluding steroid dienone is 3. The summed E-state index contributed by atoms with van der Waals surface area (Å²) in [5, 5.41) is 7.50. The van der Waals surface area contributed by atoms with Crippen molar-refractivity contribution in [1.82, 2.24) is 5.32 Å². The van der Waals surface area contributed by atoms with Gasteiger partial charge in [-0.3, -0.25) is 14.6 Å². The number of para-hydroxylation sites is 1. The zero-order chi connectivity index (χ0) is 23.6. The number of amides is 1. The van der Waals surface area contributed by atoms with E-state index < -0.39 is 17.6 Å². The van der Waals surface area contributed by atoms with Gasteiger partial charge in [-0.1, -0.05) is 79.5 Å². The van der Waals surface area contributed by atoms with E-state index in [9.17, 15) is 9.59 Å². The third-order valence-electron chi connectivity index (χ3n) is 6.26. The van der Waals surface area contributed by atoms with Crippen LogP contribution in [0.3, 0.4) is 0 Å². The average molecular weight is 482 g/mol. The molecule has 2 unspecified atom stereocenters. The Labute approximate surface area is 203 Å². The van der Waals surface area contributed by atoms with Gasteiger partial charge in [0, 0.05) is 27.5 Å². The summed E-state index contributed by atoms with van der Waals surface area (Å²) in [6, 6.07) is 12.3. The minimum absolute atomic E-state index is 0.0212. The zero-order valence-electron chi connectivity index (χ0n) is 18.4. The number of hydrogen-bond acceptors (Lipinski definition) is 4. The van der Waals surface area contributed by atoms with Crippen LogP contribution in [0.1, 0.15) is 25.0 Å². The highest BCUT2D eigenvalue weighted by Gasteiger charge is 2.50. The Balaban J connectivity index is 1.69. The summed E-state index contributed by atoms with van der Waals surface area (Å²) >= 11 is 12.2. The lowest BCUT2D eigenvalue weighted by Gasteiger charge is -2.43. The normalized spacial score (nSPS) is 23.7. The number of nitrogens with one attached hydrogen (secondary N) is 2. The molecule has 0 fully saturated rings. The molecule has 1 amide bonds. The molecule has 5 nitrogen and oxygen atoms in total. The van der Waals surface area contributed by atoms with E-state index in [1.165, 1.54) is 0 Å². The van der Waals surface area contributed by atoms with Crippen molar-refractivity contribution < 1.29 is 9.59 Å². The molecule has 0 saturated heterocycles. The Morgan fingerprint density at radius 2 is 1.97 bits per heavy atom. The molecule has 4 rings (SSSR count). The molecule has 2 N–H and O–H groups in total. The van der Waals surface area contributed by atoms with Crippen molar-refractivity contribution in [3.8, 4) is 0 Å². The first-order chi connectivity index (χ1) is 15.8. The molecule has 7 heteroatoms. The highest BCUT2D eigenvalue weighted by atomic mass is 35.5. The van der Waals surface area contributed by atoms with Crippen LogP contribution in [-0.4, -0.2) is 30.1 Å². The van der Waals surface area contributed by atoms with E-state index in [1.807, 2.05) is 50.3 Å². The molecule has 1 heterocycles. The van der Waals surface area contributed by atoms with Gasteiger partial charge in [0.1, 0.15) is 6.17 Å². The Morgan fingerprint density at radius 3 is 2.70 bits per heavy atom. The third-order valence-corrected chi connectivity index (χ3v) is 6.85. The number of aliphatic imine (C=N–C) groups is 1. The standard InChI is InChI=1S/C26H25Cl2N3O2/c1-16(2)26(12-6-5-9-22(26)32)24-25(29-15-18-7-3-4-8-21(18)30-24)31-23(33)13-17-10-11-19(27)14-20(17)28/h3-12,14-16,24-25,30H,13H2,1-2H3,(H,31,33)/t24?,25-,26?/m0/s1. The topological polar surface area (TPSA) is 70.6 Å². The van der Waals surface area contributed by atoms with Crippen LogP contribution >= 0.6 is 23.2 Å². The van der Waals surface area contributed by atoms with Crippen molar-refractivity contribution in [3.05, 3.63) is 87.9 Å². The molecule has 0 radical (unpaired) electrons. The predicted octanol–water partition coefficient (Wildman–Crippen LogP) is 5.23. The van der Waals surface area contributed by atoms with Crippen molar-refractivity contribution >= 4 is 46.8 Å². The van der Waals surface area contributed by atoms with Crippen LogP contribution in [0.5, 0.6) is 0 Å². The Kier molecular flexibility index (Phi) is 6.73. The fourth-order valence-corrected chi connectivity index (χ4v) is 4.94. The smallest absolute Gasteiger partial charge is 0.226 e. The molecular formula is C26H25Cl2N3O2. The molecule has 0 aromatic heterocycles. The van der Waals surface area contributed by atoms with Crippen molar-refractivity contribution in [2.45, 2.75) is 32.5 Å². The summed E-state index contributed by atoms with van der Waals surface area (Å²) in [5.41, 5.74) is 1.53. The largest absolute Gasteiger partial charge is 0.376 e. The maximum atomic E-state index is 13.3. The first-order valence-corrected chi connectivity index (χ1v) is 11.6. The van der Waals surface area contributed by atoms with E-state index >= 15 is 0 Å². The summed E-state index contributed by atoms with van der Waals surface area (Å²) in [5.74, 6) is -0.317. The summed E-state index contributed by atoms with van der Waals surface area (Å²) in [4.78, 5) is 31.1. The van der Waals surface area contributed by atoms with Crippen LogP contribution in [-0.2, 0) is 16.0 Å². The molecule has 0 spiro atoms. The number of hydrogen-bond donors (Lipinski definition) is 2. The van der Waals surface area contributed by atoms with Gasteiger partial charge < -0.3 is 10.6 Å². The molecule has 33 heavy (non-hydrogen) atoms. The highest BCUT2D eigenvalue weighted by Crippen LogP contribution is 2.41. The van der Waals surface area contributed by atoms with Crippen molar-refractivity contribution in [3.63, 3.8) is 0 Å². The van der Waals surface area contributed by atoms with E-state index in [0.717, 1.165) is 11.3 Å². The first kappa shape index (κ1) is 23.3. The number of benzodiazepines with no additional fused rings is 1. The number of rotatable bonds is 5. The van der Waals surface area contributed by atoms with E-state index in [2.05, 4.69) is 10.6 Å². The molecule has 0 bridgehead atoms. The number of anilines is 1. The minimum Gasteiger partial charge on any atom is -0.376 e. The number of carbonyl (C=O) groups excluding carboxylic acids is 2. The molecule has 1 aliphatic carbocycles. The molecule has 2 aliphatic rings. The highest BCUT2D eigenvalue weighted by molar-refractivity contribution is 6.35. The molecular weight excluding hydrogens is 457 g/mol. The molecule has 2 aromatic rings. The van der Waals surface area contributed by atoms with Gasteiger partial charge in [-0.15, -0.1) is 0 Å². The van der Waals surface area contributed by atoms with Gasteiger partial charge in [-0.25, -0.2) is 0 Å². The summed E-state index contributed by atoms with van der Waals surface area (Å²) in [6.07, 6.45) is 8.27. The molecule has 3 atom stereocenters. The van der Waals surface area contributed by atoms with Crippen LogP contribution < -0.4 is 10.6 Å². The Morgan fingerprint density at radius 1 is 1.18 bits per heavy atom. The number of fused-ring (bicyclic) bond motifs is 1. The molecule has 0 saturated carbocycles. The lowest BCUT2D eigenvalue weighted by molar-refractivity contribution is -0.126. The predicted molar refractivity (Wildman–Crippen MR) is 134 cm³/mol. The fourth-order valence-electron chi connectivity index (χ4n) is 4.47. The summed E-state index contributed by atoms with van der Waals surface area (Å²) in [7, 11) is 0. The first-order valence-electron chi connectivity index (χ1n) is 10.8. The maximum absolute atomic E-state index is 13.3. The van der Waals surface area contributed by atoms with E-state index in [1.54, 1.807) is 36.6 Å². The van der Waals surface area contributed by atoms with Gasteiger partial charge in [-0.05, 0) is 35.8 Å². The average Bonchev–Trinajstić information content (AvgIpc) is 2.96.